The minimum absolute atomic E-state index is 0.106. The van der Waals surface area contributed by atoms with E-state index in [-0.39, 0.29) is 21.7 Å². The number of rotatable bonds is 3. The van der Waals surface area contributed by atoms with Gasteiger partial charge in [0.2, 0.25) is 0 Å². The summed E-state index contributed by atoms with van der Waals surface area (Å²) >= 11 is 5.84. The van der Waals surface area contributed by atoms with Gasteiger partial charge in [-0.25, -0.2) is 0 Å². The average molecular weight is 429 g/mol. The number of carbonyl (C=O) groups is 1. The third kappa shape index (κ3) is 3.41. The standard InChI is InChI=1S/C20H20AsClN3O/c1-24-11-8-16-18(24)17(20(26)25-9-3-2-4-10-25)13-23-19(16)21-14-6-5-7-15(22)12-14/h5-8,11-13H,2-4,9-10H2,1H3. The molecular weight excluding hydrogens is 409 g/mol. The zero-order chi connectivity index (χ0) is 18.1. The summed E-state index contributed by atoms with van der Waals surface area (Å²) < 4.78 is 4.31. The molecule has 1 aliphatic heterocycles. The molecule has 1 aromatic carbocycles. The van der Waals surface area contributed by atoms with Gasteiger partial charge < -0.3 is 0 Å². The molecule has 1 fully saturated rings. The fraction of sp³-hybridized carbons (Fsp3) is 0.300. The number of halogens is 1. The van der Waals surface area contributed by atoms with Gasteiger partial charge in [0.25, 0.3) is 0 Å². The van der Waals surface area contributed by atoms with Crippen LogP contribution in [-0.4, -0.2) is 49.2 Å². The van der Waals surface area contributed by atoms with Gasteiger partial charge in [0, 0.05) is 0 Å². The van der Waals surface area contributed by atoms with E-state index in [1.807, 2.05) is 40.9 Å². The Morgan fingerprint density at radius 3 is 2.77 bits per heavy atom. The molecule has 0 atom stereocenters. The topological polar surface area (TPSA) is 38.1 Å². The molecule has 0 saturated carbocycles. The second-order valence-electron chi connectivity index (χ2n) is 6.63. The van der Waals surface area contributed by atoms with Crippen LogP contribution in [0.5, 0.6) is 0 Å². The van der Waals surface area contributed by atoms with Crippen LogP contribution in [0.3, 0.4) is 0 Å². The summed E-state index contributed by atoms with van der Waals surface area (Å²) in [7, 11) is 2.00. The van der Waals surface area contributed by atoms with Crippen LogP contribution in [0, 0.1) is 0 Å². The molecule has 4 nitrogen and oxygen atoms in total. The molecule has 6 heteroatoms. The Morgan fingerprint density at radius 2 is 2.00 bits per heavy atom. The first-order chi connectivity index (χ1) is 12.6. The van der Waals surface area contributed by atoms with Crippen molar-refractivity contribution in [2.24, 2.45) is 7.05 Å². The first-order valence-electron chi connectivity index (χ1n) is 8.84. The fourth-order valence-electron chi connectivity index (χ4n) is 3.48. The molecule has 3 heterocycles. The van der Waals surface area contributed by atoms with Crippen LogP contribution >= 0.6 is 11.6 Å². The number of hydrogen-bond donors (Lipinski definition) is 0. The molecule has 1 amide bonds. The number of hydrogen-bond acceptors (Lipinski definition) is 2. The Kier molecular flexibility index (Phi) is 5.06. The number of benzene rings is 1. The Bertz CT molecular complexity index is 963. The second-order valence-corrected chi connectivity index (χ2v) is 9.51. The number of aryl methyl sites for hydroxylation is 1. The van der Waals surface area contributed by atoms with Gasteiger partial charge in [-0.15, -0.1) is 0 Å². The van der Waals surface area contributed by atoms with Gasteiger partial charge in [-0.2, -0.15) is 0 Å². The summed E-state index contributed by atoms with van der Waals surface area (Å²) in [4.78, 5) is 19.7. The van der Waals surface area contributed by atoms with Crippen molar-refractivity contribution in [2.45, 2.75) is 19.3 Å². The number of likely N-dealkylation sites (tertiary alicyclic amines) is 1. The van der Waals surface area contributed by atoms with E-state index < -0.39 is 0 Å². The van der Waals surface area contributed by atoms with E-state index in [9.17, 15) is 4.79 Å². The monoisotopic (exact) mass is 428 g/mol. The van der Waals surface area contributed by atoms with Crippen LogP contribution in [-0.2, 0) is 7.05 Å². The van der Waals surface area contributed by atoms with Crippen molar-refractivity contribution in [1.29, 1.82) is 0 Å². The van der Waals surface area contributed by atoms with Gasteiger partial charge in [-0.05, 0) is 0 Å². The summed E-state index contributed by atoms with van der Waals surface area (Å²) in [6.07, 6.45) is 7.18. The first kappa shape index (κ1) is 17.6. The van der Waals surface area contributed by atoms with Gasteiger partial charge in [0.15, 0.2) is 0 Å². The van der Waals surface area contributed by atoms with E-state index in [2.05, 4.69) is 12.1 Å². The van der Waals surface area contributed by atoms with Crippen LogP contribution in [0.25, 0.3) is 10.9 Å². The molecule has 0 bridgehead atoms. The molecule has 3 aromatic rings. The van der Waals surface area contributed by atoms with Crippen molar-refractivity contribution in [1.82, 2.24) is 14.5 Å². The Morgan fingerprint density at radius 1 is 1.19 bits per heavy atom. The number of fused-ring (bicyclic) bond motifs is 1. The number of piperidine rings is 1. The Balaban J connectivity index is 1.73. The van der Waals surface area contributed by atoms with E-state index in [4.69, 9.17) is 16.6 Å². The third-order valence-electron chi connectivity index (χ3n) is 4.80. The summed E-state index contributed by atoms with van der Waals surface area (Å²) in [5.74, 6) is 0.106. The van der Waals surface area contributed by atoms with Gasteiger partial charge in [-0.1, -0.05) is 0 Å². The minimum atomic E-state index is -0.289. The second kappa shape index (κ2) is 7.46. The van der Waals surface area contributed by atoms with Crippen molar-refractivity contribution < 1.29 is 4.79 Å². The molecule has 26 heavy (non-hydrogen) atoms. The van der Waals surface area contributed by atoms with Crippen molar-refractivity contribution in [3.05, 3.63) is 53.3 Å². The van der Waals surface area contributed by atoms with Gasteiger partial charge in [0.1, 0.15) is 0 Å². The zero-order valence-corrected chi connectivity index (χ0v) is 17.3. The SMILES string of the molecule is Cn1ccc2c([As]c3cccc(Cl)c3)ncc(C(=O)N3CCCCC3)c21. The summed E-state index contributed by atoms with van der Waals surface area (Å²) in [6, 6.07) is 10.0. The molecule has 0 N–H and O–H groups in total. The van der Waals surface area contributed by atoms with E-state index in [1.165, 1.54) is 10.8 Å². The molecule has 133 valence electrons. The molecule has 1 radical (unpaired) electrons. The molecule has 1 saturated heterocycles. The number of amides is 1. The van der Waals surface area contributed by atoms with Crippen LogP contribution in [0.2, 0.25) is 5.02 Å². The van der Waals surface area contributed by atoms with Crippen molar-refractivity contribution in [3.8, 4) is 0 Å². The van der Waals surface area contributed by atoms with Crippen molar-refractivity contribution in [3.63, 3.8) is 0 Å². The molecule has 2 aromatic heterocycles. The number of carbonyl (C=O) groups excluding carboxylic acids is 1. The molecule has 1 aliphatic rings. The summed E-state index contributed by atoms with van der Waals surface area (Å²) in [5.41, 5.74) is 1.70. The quantitative estimate of drug-likeness (QED) is 0.601. The molecular formula is C20H20AsClN3O. The Hall–Kier alpha value is -1.77. The van der Waals surface area contributed by atoms with Crippen LogP contribution in [0.1, 0.15) is 29.6 Å². The Labute approximate surface area is 164 Å². The molecule has 0 unspecified atom stereocenters. The summed E-state index contributed by atoms with van der Waals surface area (Å²) in [6.45, 7) is 1.70. The number of pyridine rings is 1. The van der Waals surface area contributed by atoms with Gasteiger partial charge in [0.05, 0.1) is 0 Å². The maximum atomic E-state index is 13.0. The zero-order valence-electron chi connectivity index (χ0n) is 14.7. The normalized spacial score (nSPS) is 15.2. The van der Waals surface area contributed by atoms with E-state index in [0.29, 0.717) is 5.56 Å². The van der Waals surface area contributed by atoms with Gasteiger partial charge in [-0.3, -0.25) is 0 Å². The summed E-state index contributed by atoms with van der Waals surface area (Å²) in [5, 5.41) is 1.83. The van der Waals surface area contributed by atoms with Crippen LogP contribution < -0.4 is 8.83 Å². The third-order valence-corrected chi connectivity index (χ3v) is 7.35. The van der Waals surface area contributed by atoms with Crippen LogP contribution in [0.4, 0.5) is 0 Å². The average Bonchev–Trinajstić information content (AvgIpc) is 3.05. The van der Waals surface area contributed by atoms with Crippen molar-refractivity contribution >= 4 is 53.0 Å². The number of aromatic nitrogens is 2. The van der Waals surface area contributed by atoms with E-state index in [0.717, 1.165) is 46.3 Å². The molecule has 4 rings (SSSR count). The number of nitrogens with zero attached hydrogens (tertiary/aromatic N) is 3. The predicted octanol–water partition coefficient (Wildman–Crippen LogP) is 2.51. The molecule has 0 spiro atoms. The predicted molar refractivity (Wildman–Crippen MR) is 107 cm³/mol. The first-order valence-corrected chi connectivity index (χ1v) is 11.1. The van der Waals surface area contributed by atoms with Crippen molar-refractivity contribution in [2.75, 3.05) is 13.1 Å². The fourth-order valence-corrected chi connectivity index (χ4v) is 5.99. The molecule has 0 aliphatic carbocycles. The van der Waals surface area contributed by atoms with E-state index >= 15 is 0 Å². The van der Waals surface area contributed by atoms with E-state index in [1.54, 1.807) is 6.20 Å². The maximum absolute atomic E-state index is 13.0. The van der Waals surface area contributed by atoms with Crippen LogP contribution in [0.15, 0.2) is 42.7 Å². The van der Waals surface area contributed by atoms with Gasteiger partial charge >= 0.3 is 165 Å².